The summed E-state index contributed by atoms with van der Waals surface area (Å²) in [6, 6.07) is -0.617. The largest absolute Gasteiger partial charge is 0.480 e. The lowest BCUT2D eigenvalue weighted by atomic mass is 9.99. The lowest BCUT2D eigenvalue weighted by molar-refractivity contribution is -0.148. The molecule has 0 amide bonds. The highest BCUT2D eigenvalue weighted by molar-refractivity contribution is 5.75. The Hall–Kier alpha value is -0.870. The van der Waals surface area contributed by atoms with Crippen LogP contribution in [0.5, 0.6) is 0 Å². The summed E-state index contributed by atoms with van der Waals surface area (Å²) in [6.07, 6.45) is 1.47. The van der Waals surface area contributed by atoms with E-state index in [2.05, 4.69) is 6.58 Å². The summed E-state index contributed by atoms with van der Waals surface area (Å²) in [5, 5.41) is 9.00. The molecule has 1 N–H and O–H groups in total. The molecule has 1 atom stereocenters. The van der Waals surface area contributed by atoms with Crippen LogP contribution in [0.2, 0.25) is 0 Å². The quantitative estimate of drug-likeness (QED) is 0.681. The molecule has 0 aromatic carbocycles. The lowest BCUT2D eigenvalue weighted by Crippen LogP contribution is -2.58. The molecule has 0 spiro atoms. The third kappa shape index (κ3) is 2.13. The van der Waals surface area contributed by atoms with Crippen LogP contribution < -0.4 is 0 Å². The Morgan fingerprint density at radius 3 is 2.79 bits per heavy atom. The van der Waals surface area contributed by atoms with Crippen molar-refractivity contribution in [3.05, 3.63) is 12.7 Å². The molecule has 1 unspecified atom stereocenters. The van der Waals surface area contributed by atoms with Gasteiger partial charge in [0.05, 0.1) is 13.2 Å². The minimum Gasteiger partial charge on any atom is -0.480 e. The predicted molar refractivity (Wildman–Crippen MR) is 53.2 cm³/mol. The number of carbonyl (C=O) groups is 1. The number of morpholine rings is 1. The van der Waals surface area contributed by atoms with Crippen molar-refractivity contribution in [1.82, 2.24) is 4.90 Å². The molecule has 1 fully saturated rings. The first-order valence-corrected chi connectivity index (χ1v) is 4.69. The Bertz CT molecular complexity index is 238. The van der Waals surface area contributed by atoms with Crippen LogP contribution in [0.1, 0.15) is 13.8 Å². The van der Waals surface area contributed by atoms with Gasteiger partial charge in [-0.25, -0.2) is 0 Å². The standard InChI is InChI=1S/C10H17NO3/c1-4-8(9(12)13)11-5-6-14-7-10(11,2)3/h4,8H,1,5-7H2,2-3H3,(H,12,13). The number of aliphatic carboxylic acids is 1. The van der Waals surface area contributed by atoms with E-state index in [0.717, 1.165) is 0 Å². The van der Waals surface area contributed by atoms with Gasteiger partial charge in [0.15, 0.2) is 0 Å². The molecule has 0 aromatic rings. The van der Waals surface area contributed by atoms with Crippen LogP contribution in [0, 0.1) is 0 Å². The smallest absolute Gasteiger partial charge is 0.324 e. The second-order valence-corrected chi connectivity index (χ2v) is 4.08. The summed E-state index contributed by atoms with van der Waals surface area (Å²) in [5.74, 6) is -0.852. The first kappa shape index (κ1) is 11.2. The number of ether oxygens (including phenoxy) is 1. The highest BCUT2D eigenvalue weighted by Gasteiger charge is 2.37. The number of carboxylic acids is 1. The van der Waals surface area contributed by atoms with Crippen LogP contribution in [0.3, 0.4) is 0 Å². The van der Waals surface area contributed by atoms with Gasteiger partial charge in [-0.3, -0.25) is 9.69 Å². The van der Waals surface area contributed by atoms with E-state index in [-0.39, 0.29) is 5.54 Å². The number of rotatable bonds is 3. The highest BCUT2D eigenvalue weighted by atomic mass is 16.5. The molecule has 0 aromatic heterocycles. The SMILES string of the molecule is C=CC(C(=O)O)N1CCOCC1(C)C. The van der Waals surface area contributed by atoms with Crippen molar-refractivity contribution in [2.45, 2.75) is 25.4 Å². The molecule has 1 aliphatic rings. The third-order valence-electron chi connectivity index (χ3n) is 2.52. The minimum atomic E-state index is -0.852. The average Bonchev–Trinajstić information content (AvgIpc) is 2.08. The van der Waals surface area contributed by atoms with Crippen molar-refractivity contribution in [2.75, 3.05) is 19.8 Å². The van der Waals surface area contributed by atoms with Gasteiger partial charge >= 0.3 is 5.97 Å². The first-order valence-electron chi connectivity index (χ1n) is 4.69. The number of hydrogen-bond acceptors (Lipinski definition) is 3. The zero-order chi connectivity index (χ0) is 10.8. The Morgan fingerprint density at radius 2 is 2.36 bits per heavy atom. The van der Waals surface area contributed by atoms with Crippen LogP contribution in [-0.2, 0) is 9.53 Å². The Morgan fingerprint density at radius 1 is 1.71 bits per heavy atom. The van der Waals surface area contributed by atoms with E-state index in [1.54, 1.807) is 0 Å². The summed E-state index contributed by atoms with van der Waals surface area (Å²) >= 11 is 0. The molecule has 80 valence electrons. The van der Waals surface area contributed by atoms with Gasteiger partial charge in [0.1, 0.15) is 6.04 Å². The molecular weight excluding hydrogens is 182 g/mol. The van der Waals surface area contributed by atoms with E-state index in [0.29, 0.717) is 19.8 Å². The van der Waals surface area contributed by atoms with Crippen molar-refractivity contribution in [3.63, 3.8) is 0 Å². The van der Waals surface area contributed by atoms with Gasteiger partial charge in [-0.05, 0) is 13.8 Å². The number of hydrogen-bond donors (Lipinski definition) is 1. The monoisotopic (exact) mass is 199 g/mol. The van der Waals surface area contributed by atoms with E-state index in [1.807, 2.05) is 18.7 Å². The summed E-state index contributed by atoms with van der Waals surface area (Å²) in [7, 11) is 0. The van der Waals surface area contributed by atoms with Gasteiger partial charge in [-0.15, -0.1) is 6.58 Å². The fraction of sp³-hybridized carbons (Fsp3) is 0.700. The van der Waals surface area contributed by atoms with Crippen LogP contribution in [0.15, 0.2) is 12.7 Å². The van der Waals surface area contributed by atoms with Gasteiger partial charge < -0.3 is 9.84 Å². The molecule has 0 aliphatic carbocycles. The van der Waals surface area contributed by atoms with Gasteiger partial charge in [0.2, 0.25) is 0 Å². The maximum absolute atomic E-state index is 11.0. The zero-order valence-electron chi connectivity index (χ0n) is 8.69. The summed E-state index contributed by atoms with van der Waals surface area (Å²) in [6.45, 7) is 9.29. The van der Waals surface area contributed by atoms with Gasteiger partial charge in [0.25, 0.3) is 0 Å². The van der Waals surface area contributed by atoms with Crippen molar-refractivity contribution in [2.24, 2.45) is 0 Å². The molecule has 1 aliphatic heterocycles. The molecular formula is C10H17NO3. The van der Waals surface area contributed by atoms with Gasteiger partial charge in [-0.2, -0.15) is 0 Å². The first-order chi connectivity index (χ1) is 6.49. The summed E-state index contributed by atoms with van der Waals surface area (Å²) < 4.78 is 5.32. The molecule has 0 bridgehead atoms. The van der Waals surface area contributed by atoms with E-state index in [4.69, 9.17) is 9.84 Å². The molecule has 14 heavy (non-hydrogen) atoms. The Labute approximate surface area is 84.2 Å². The average molecular weight is 199 g/mol. The normalized spacial score (nSPS) is 24.1. The zero-order valence-corrected chi connectivity index (χ0v) is 8.69. The van der Waals surface area contributed by atoms with Crippen molar-refractivity contribution in [1.29, 1.82) is 0 Å². The van der Waals surface area contributed by atoms with E-state index in [9.17, 15) is 4.79 Å². The molecule has 1 saturated heterocycles. The fourth-order valence-electron chi connectivity index (χ4n) is 1.75. The van der Waals surface area contributed by atoms with Crippen molar-refractivity contribution < 1.29 is 14.6 Å². The molecule has 4 nitrogen and oxygen atoms in total. The molecule has 1 rings (SSSR count). The molecule has 1 heterocycles. The lowest BCUT2D eigenvalue weighted by Gasteiger charge is -2.44. The molecule has 0 saturated carbocycles. The van der Waals surface area contributed by atoms with E-state index < -0.39 is 12.0 Å². The Balaban J connectivity index is 2.81. The second kappa shape index (κ2) is 4.11. The van der Waals surface area contributed by atoms with Gasteiger partial charge in [0, 0.05) is 12.1 Å². The minimum absolute atomic E-state index is 0.241. The topological polar surface area (TPSA) is 49.8 Å². The van der Waals surface area contributed by atoms with Crippen molar-refractivity contribution in [3.8, 4) is 0 Å². The maximum atomic E-state index is 11.0. The number of carboxylic acid groups (broad SMARTS) is 1. The maximum Gasteiger partial charge on any atom is 0.324 e. The molecule has 0 radical (unpaired) electrons. The second-order valence-electron chi connectivity index (χ2n) is 4.08. The van der Waals surface area contributed by atoms with Gasteiger partial charge in [-0.1, -0.05) is 6.08 Å². The highest BCUT2D eigenvalue weighted by Crippen LogP contribution is 2.22. The third-order valence-corrected chi connectivity index (χ3v) is 2.52. The van der Waals surface area contributed by atoms with E-state index in [1.165, 1.54) is 6.08 Å². The van der Waals surface area contributed by atoms with Crippen LogP contribution >= 0.6 is 0 Å². The van der Waals surface area contributed by atoms with E-state index >= 15 is 0 Å². The van der Waals surface area contributed by atoms with Crippen molar-refractivity contribution >= 4 is 5.97 Å². The summed E-state index contributed by atoms with van der Waals surface area (Å²) in [4.78, 5) is 12.9. The number of nitrogens with zero attached hydrogens (tertiary/aromatic N) is 1. The van der Waals surface area contributed by atoms with Crippen LogP contribution in [0.4, 0.5) is 0 Å². The molecule has 4 heteroatoms. The fourth-order valence-corrected chi connectivity index (χ4v) is 1.75. The Kier molecular flexibility index (Phi) is 3.29. The predicted octanol–water partition coefficient (Wildman–Crippen LogP) is 0.736. The van der Waals surface area contributed by atoms with Crippen LogP contribution in [-0.4, -0.2) is 47.3 Å². The summed E-state index contributed by atoms with van der Waals surface area (Å²) in [5.41, 5.74) is -0.241. The van der Waals surface area contributed by atoms with Crippen LogP contribution in [0.25, 0.3) is 0 Å².